The summed E-state index contributed by atoms with van der Waals surface area (Å²) >= 11 is 5.85. The molecule has 0 fully saturated rings. The molecule has 0 atom stereocenters. The van der Waals surface area contributed by atoms with Gasteiger partial charge in [-0.25, -0.2) is 9.50 Å². The van der Waals surface area contributed by atoms with Crippen LogP contribution in [0, 0.1) is 0 Å². The predicted octanol–water partition coefficient (Wildman–Crippen LogP) is 2.44. The van der Waals surface area contributed by atoms with Crippen molar-refractivity contribution in [2.24, 2.45) is 0 Å². The molecule has 4 nitrogen and oxygen atoms in total. The van der Waals surface area contributed by atoms with Crippen molar-refractivity contribution in [2.45, 2.75) is 0 Å². The minimum absolute atomic E-state index is 0.453. The normalized spacial score (nSPS) is 10.8. The Hall–Kier alpha value is -1.94. The molecule has 0 spiro atoms. The molecular weight excluding hydrogens is 224 g/mol. The molecule has 16 heavy (non-hydrogen) atoms. The number of pyridine rings is 2. The zero-order valence-corrected chi connectivity index (χ0v) is 8.96. The van der Waals surface area contributed by atoms with Crippen LogP contribution in [0.3, 0.4) is 0 Å². The van der Waals surface area contributed by atoms with Gasteiger partial charge in [-0.1, -0.05) is 28.9 Å². The van der Waals surface area contributed by atoms with Crippen LogP contribution in [0.4, 0.5) is 0 Å². The maximum atomic E-state index is 5.85. The van der Waals surface area contributed by atoms with Crippen LogP contribution in [0.15, 0.2) is 42.6 Å². The van der Waals surface area contributed by atoms with Gasteiger partial charge in [0.15, 0.2) is 0 Å². The third kappa shape index (κ3) is 1.44. The molecular formula is C11H7ClN4. The molecule has 0 N–H and O–H groups in total. The minimum atomic E-state index is 0.453. The molecule has 3 aromatic heterocycles. The van der Waals surface area contributed by atoms with E-state index in [0.29, 0.717) is 5.15 Å². The van der Waals surface area contributed by atoms with Gasteiger partial charge in [-0.3, -0.25) is 0 Å². The molecule has 5 heteroatoms. The van der Waals surface area contributed by atoms with E-state index >= 15 is 0 Å². The van der Waals surface area contributed by atoms with Crippen molar-refractivity contribution in [2.75, 3.05) is 0 Å². The van der Waals surface area contributed by atoms with Crippen LogP contribution in [0.1, 0.15) is 0 Å². The van der Waals surface area contributed by atoms with Crippen LogP contribution in [0.2, 0.25) is 5.15 Å². The third-order valence-corrected chi connectivity index (χ3v) is 2.49. The quantitative estimate of drug-likeness (QED) is 0.603. The van der Waals surface area contributed by atoms with Crippen molar-refractivity contribution in [3.8, 4) is 11.4 Å². The van der Waals surface area contributed by atoms with E-state index in [-0.39, 0.29) is 0 Å². The molecule has 0 amide bonds. The van der Waals surface area contributed by atoms with Crippen LogP contribution < -0.4 is 0 Å². The van der Waals surface area contributed by atoms with Gasteiger partial charge in [0.25, 0.3) is 0 Å². The predicted molar refractivity (Wildman–Crippen MR) is 61.2 cm³/mol. The number of hydrogen-bond donors (Lipinski definition) is 0. The molecule has 0 aliphatic rings. The number of rotatable bonds is 1. The fraction of sp³-hybridized carbons (Fsp3) is 0. The van der Waals surface area contributed by atoms with Gasteiger partial charge in [-0.2, -0.15) is 0 Å². The SMILES string of the molecule is Clc1cccc(-c2nnn3ccccc23)n1. The van der Waals surface area contributed by atoms with Gasteiger partial charge < -0.3 is 0 Å². The molecule has 3 heterocycles. The highest BCUT2D eigenvalue weighted by Crippen LogP contribution is 2.20. The first-order valence-electron chi connectivity index (χ1n) is 4.77. The van der Waals surface area contributed by atoms with Gasteiger partial charge >= 0.3 is 0 Å². The number of hydrogen-bond acceptors (Lipinski definition) is 3. The van der Waals surface area contributed by atoms with E-state index in [0.717, 1.165) is 16.9 Å². The fourth-order valence-corrected chi connectivity index (χ4v) is 1.73. The summed E-state index contributed by atoms with van der Waals surface area (Å²) in [5, 5.41) is 8.56. The summed E-state index contributed by atoms with van der Waals surface area (Å²) in [6.45, 7) is 0. The van der Waals surface area contributed by atoms with E-state index in [9.17, 15) is 0 Å². The molecule has 0 aromatic carbocycles. The molecule has 0 saturated carbocycles. The molecule has 0 bridgehead atoms. The lowest BCUT2D eigenvalue weighted by atomic mass is 10.2. The van der Waals surface area contributed by atoms with Crippen LogP contribution in [0.5, 0.6) is 0 Å². The van der Waals surface area contributed by atoms with Gasteiger partial charge in [0.2, 0.25) is 0 Å². The Bertz CT molecular complexity index is 647. The smallest absolute Gasteiger partial charge is 0.139 e. The molecule has 0 aliphatic heterocycles. The number of aromatic nitrogens is 4. The first kappa shape index (κ1) is 9.30. The van der Waals surface area contributed by atoms with E-state index in [4.69, 9.17) is 11.6 Å². The highest BCUT2D eigenvalue weighted by Gasteiger charge is 2.09. The maximum absolute atomic E-state index is 5.85. The lowest BCUT2D eigenvalue weighted by Crippen LogP contribution is -1.85. The molecule has 3 rings (SSSR count). The van der Waals surface area contributed by atoms with Crippen molar-refractivity contribution in [3.63, 3.8) is 0 Å². The Morgan fingerprint density at radius 3 is 2.88 bits per heavy atom. The van der Waals surface area contributed by atoms with Gasteiger partial charge in [0.1, 0.15) is 10.8 Å². The summed E-state index contributed by atoms with van der Waals surface area (Å²) in [6, 6.07) is 11.2. The van der Waals surface area contributed by atoms with Crippen molar-refractivity contribution in [1.82, 2.24) is 19.8 Å². The third-order valence-electron chi connectivity index (χ3n) is 2.28. The zero-order chi connectivity index (χ0) is 11.0. The van der Waals surface area contributed by atoms with Gasteiger partial charge in [0, 0.05) is 6.20 Å². The standard InChI is InChI=1S/C11H7ClN4/c12-10-6-3-4-8(13-10)11-9-5-1-2-7-16(9)15-14-11/h1-7H. The highest BCUT2D eigenvalue weighted by molar-refractivity contribution is 6.29. The maximum Gasteiger partial charge on any atom is 0.139 e. The second kappa shape index (κ2) is 3.57. The Morgan fingerprint density at radius 2 is 2.00 bits per heavy atom. The van der Waals surface area contributed by atoms with E-state index in [2.05, 4.69) is 15.3 Å². The summed E-state index contributed by atoms with van der Waals surface area (Å²) in [7, 11) is 0. The molecule has 0 aliphatic carbocycles. The van der Waals surface area contributed by atoms with E-state index in [1.807, 2.05) is 36.5 Å². The van der Waals surface area contributed by atoms with Gasteiger partial charge in [-0.15, -0.1) is 5.10 Å². The lowest BCUT2D eigenvalue weighted by Gasteiger charge is -1.96. The molecule has 0 radical (unpaired) electrons. The van der Waals surface area contributed by atoms with Gasteiger partial charge in [-0.05, 0) is 24.3 Å². The monoisotopic (exact) mass is 230 g/mol. The van der Waals surface area contributed by atoms with Crippen molar-refractivity contribution in [3.05, 3.63) is 47.7 Å². The van der Waals surface area contributed by atoms with E-state index in [1.165, 1.54) is 0 Å². The average Bonchev–Trinajstić information content (AvgIpc) is 2.72. The first-order chi connectivity index (χ1) is 7.84. The first-order valence-corrected chi connectivity index (χ1v) is 5.15. The molecule has 0 saturated heterocycles. The Morgan fingerprint density at radius 1 is 1.06 bits per heavy atom. The zero-order valence-electron chi connectivity index (χ0n) is 8.21. The van der Waals surface area contributed by atoms with E-state index < -0.39 is 0 Å². The second-order valence-corrected chi connectivity index (χ2v) is 3.70. The van der Waals surface area contributed by atoms with E-state index in [1.54, 1.807) is 10.6 Å². The largest absolute Gasteiger partial charge is 0.234 e. The number of fused-ring (bicyclic) bond motifs is 1. The van der Waals surface area contributed by atoms with Crippen LogP contribution in [-0.4, -0.2) is 19.8 Å². The molecule has 78 valence electrons. The minimum Gasteiger partial charge on any atom is -0.234 e. The summed E-state index contributed by atoms with van der Waals surface area (Å²) in [6.07, 6.45) is 1.84. The second-order valence-electron chi connectivity index (χ2n) is 3.31. The van der Waals surface area contributed by atoms with Crippen molar-refractivity contribution in [1.29, 1.82) is 0 Å². The Labute approximate surface area is 96.5 Å². The summed E-state index contributed by atoms with van der Waals surface area (Å²) < 4.78 is 1.71. The van der Waals surface area contributed by atoms with Crippen molar-refractivity contribution >= 4 is 17.1 Å². The fourth-order valence-electron chi connectivity index (χ4n) is 1.57. The molecule has 0 unspecified atom stereocenters. The van der Waals surface area contributed by atoms with Crippen LogP contribution in [0.25, 0.3) is 16.9 Å². The topological polar surface area (TPSA) is 43.1 Å². The number of halogens is 1. The van der Waals surface area contributed by atoms with Crippen LogP contribution >= 0.6 is 11.6 Å². The number of nitrogens with zero attached hydrogens (tertiary/aromatic N) is 4. The van der Waals surface area contributed by atoms with Crippen molar-refractivity contribution < 1.29 is 0 Å². The summed E-state index contributed by atoms with van der Waals surface area (Å²) in [5.74, 6) is 0. The average molecular weight is 231 g/mol. The summed E-state index contributed by atoms with van der Waals surface area (Å²) in [5.41, 5.74) is 2.38. The summed E-state index contributed by atoms with van der Waals surface area (Å²) in [4.78, 5) is 4.22. The Kier molecular flexibility index (Phi) is 2.08. The molecule has 3 aromatic rings. The van der Waals surface area contributed by atoms with Crippen LogP contribution in [-0.2, 0) is 0 Å². The Balaban J connectivity index is 2.26. The highest BCUT2D eigenvalue weighted by atomic mass is 35.5. The lowest BCUT2D eigenvalue weighted by molar-refractivity contribution is 0.856. The van der Waals surface area contributed by atoms with Gasteiger partial charge in [0.05, 0.1) is 11.2 Å².